The highest BCUT2D eigenvalue weighted by atomic mass is 16.8. The number of amides is 1. The minimum atomic E-state index is -1.24. The number of fused-ring (bicyclic) bond motifs is 4. The van der Waals surface area contributed by atoms with E-state index in [0.29, 0.717) is 6.42 Å². The van der Waals surface area contributed by atoms with Crippen LogP contribution in [0.15, 0.2) is 54.6 Å². The van der Waals surface area contributed by atoms with Crippen molar-refractivity contribution in [3.63, 3.8) is 0 Å². The zero-order chi connectivity index (χ0) is 26.3. The molecule has 0 unspecified atom stereocenters. The monoisotopic (exact) mass is 522 g/mol. The molecule has 200 valence electrons. The third-order valence-electron chi connectivity index (χ3n) is 7.90. The maximum absolute atomic E-state index is 13.6. The van der Waals surface area contributed by atoms with Crippen LogP contribution < -0.4 is 5.32 Å². The molecule has 2 bridgehead atoms. The van der Waals surface area contributed by atoms with Gasteiger partial charge in [-0.1, -0.05) is 54.6 Å². The van der Waals surface area contributed by atoms with Gasteiger partial charge in [-0.05, 0) is 29.2 Å². The Labute approximate surface area is 219 Å². The van der Waals surface area contributed by atoms with Crippen molar-refractivity contribution in [1.82, 2.24) is 10.4 Å². The summed E-state index contributed by atoms with van der Waals surface area (Å²) in [6, 6.07) is 13.9. The summed E-state index contributed by atoms with van der Waals surface area (Å²) in [6.45, 7) is 0.107. The minimum absolute atomic E-state index is 0.0346. The molecule has 6 rings (SSSR count). The smallest absolute Gasteiger partial charge is 0.327 e. The lowest BCUT2D eigenvalue weighted by atomic mass is 9.62. The second kappa shape index (κ2) is 10.1. The van der Waals surface area contributed by atoms with E-state index < -0.39 is 41.8 Å². The summed E-state index contributed by atoms with van der Waals surface area (Å²) in [7, 11) is 0. The summed E-state index contributed by atoms with van der Waals surface area (Å²) in [5.74, 6) is -0.659. The number of phenolic OH excluding ortho intramolecular Hbond substituents is 1. The number of benzene rings is 2. The highest BCUT2D eigenvalue weighted by Gasteiger charge is 2.74. The molecule has 3 N–H and O–H groups in total. The van der Waals surface area contributed by atoms with Gasteiger partial charge in [-0.15, -0.1) is 0 Å². The molecule has 1 saturated carbocycles. The van der Waals surface area contributed by atoms with Crippen molar-refractivity contribution in [2.24, 2.45) is 5.41 Å². The fourth-order valence-corrected chi connectivity index (χ4v) is 6.17. The number of aliphatic hydroxyl groups excluding tert-OH is 1. The van der Waals surface area contributed by atoms with E-state index in [1.807, 2.05) is 48.6 Å². The molecule has 10 heteroatoms. The van der Waals surface area contributed by atoms with E-state index in [-0.39, 0.29) is 44.6 Å². The number of carbonyl (C=O) groups excluding carboxylic acids is 2. The van der Waals surface area contributed by atoms with E-state index in [4.69, 9.17) is 19.0 Å². The highest BCUT2D eigenvalue weighted by molar-refractivity contribution is 5.93. The molecular weight excluding hydrogens is 492 g/mol. The number of aliphatic hydroxyl groups is 1. The number of allylic oxidation sites excluding steroid dienone is 1. The lowest BCUT2D eigenvalue weighted by Gasteiger charge is -2.48. The molecule has 10 nitrogen and oxygen atoms in total. The van der Waals surface area contributed by atoms with Crippen molar-refractivity contribution in [2.45, 2.75) is 49.8 Å². The number of nitrogens with zero attached hydrogens (tertiary/aromatic N) is 1. The molecule has 38 heavy (non-hydrogen) atoms. The highest BCUT2D eigenvalue weighted by Crippen LogP contribution is 2.55. The van der Waals surface area contributed by atoms with E-state index in [0.717, 1.165) is 16.7 Å². The van der Waals surface area contributed by atoms with Crippen LogP contribution in [0, 0.1) is 5.41 Å². The van der Waals surface area contributed by atoms with Gasteiger partial charge in [-0.2, -0.15) is 5.06 Å². The molecule has 0 radical (unpaired) electrons. The van der Waals surface area contributed by atoms with Crippen LogP contribution in [0.5, 0.6) is 5.75 Å². The number of hydrogen-bond donors (Lipinski definition) is 3. The fourth-order valence-electron chi connectivity index (χ4n) is 6.17. The predicted molar refractivity (Wildman–Crippen MR) is 133 cm³/mol. The molecular formula is C28H30N2O8. The first-order valence-corrected chi connectivity index (χ1v) is 12.8. The van der Waals surface area contributed by atoms with Gasteiger partial charge in [0, 0.05) is 13.0 Å². The lowest BCUT2D eigenvalue weighted by Crippen LogP contribution is -2.69. The zero-order valence-corrected chi connectivity index (χ0v) is 20.7. The Morgan fingerprint density at radius 3 is 2.68 bits per heavy atom. The normalized spacial score (nSPS) is 31.8. The molecule has 0 aromatic heterocycles. The summed E-state index contributed by atoms with van der Waals surface area (Å²) in [4.78, 5) is 33.3. The van der Waals surface area contributed by atoms with Crippen LogP contribution in [0.2, 0.25) is 0 Å². The SMILES string of the molecule is O=C1O[C@@H]2C[C@@]3(C(=O)NCCO)[C@H](ON(Cc4ccccc4C=CCc4ccccc4O)[C@@H]13)[C@H]1OCO[C@H]12. The van der Waals surface area contributed by atoms with E-state index >= 15 is 0 Å². The number of nitrogens with one attached hydrogen (secondary N) is 1. The van der Waals surface area contributed by atoms with Gasteiger partial charge < -0.3 is 29.7 Å². The number of hydrogen-bond acceptors (Lipinski definition) is 9. The molecule has 4 fully saturated rings. The number of esters is 1. The Kier molecular flexibility index (Phi) is 6.67. The van der Waals surface area contributed by atoms with Gasteiger partial charge in [0.1, 0.15) is 42.4 Å². The molecule has 2 aromatic carbocycles. The van der Waals surface area contributed by atoms with Crippen molar-refractivity contribution in [2.75, 3.05) is 19.9 Å². The molecule has 3 saturated heterocycles. The van der Waals surface area contributed by atoms with Crippen LogP contribution in [-0.2, 0) is 41.6 Å². The number of ether oxygens (including phenoxy) is 3. The second-order valence-electron chi connectivity index (χ2n) is 10.0. The Morgan fingerprint density at radius 1 is 1.11 bits per heavy atom. The molecule has 0 spiro atoms. The first-order valence-electron chi connectivity index (χ1n) is 12.8. The van der Waals surface area contributed by atoms with Crippen molar-refractivity contribution >= 4 is 18.0 Å². The van der Waals surface area contributed by atoms with Crippen molar-refractivity contribution in [3.05, 3.63) is 71.3 Å². The largest absolute Gasteiger partial charge is 0.508 e. The number of aromatic hydroxyl groups is 1. The minimum Gasteiger partial charge on any atom is -0.508 e. The maximum atomic E-state index is 13.6. The first kappa shape index (κ1) is 25.0. The number of phenols is 1. The Morgan fingerprint density at radius 2 is 1.87 bits per heavy atom. The molecule has 1 aliphatic carbocycles. The molecule has 1 amide bonds. The topological polar surface area (TPSA) is 127 Å². The molecule has 6 atom stereocenters. The Balaban J connectivity index is 1.29. The zero-order valence-electron chi connectivity index (χ0n) is 20.7. The fraction of sp³-hybridized carbons (Fsp3) is 0.429. The van der Waals surface area contributed by atoms with Crippen molar-refractivity contribution in [1.29, 1.82) is 0 Å². The van der Waals surface area contributed by atoms with Gasteiger partial charge in [0.05, 0.1) is 13.2 Å². The number of rotatable bonds is 8. The third-order valence-corrected chi connectivity index (χ3v) is 7.90. The first-order chi connectivity index (χ1) is 18.5. The van der Waals surface area contributed by atoms with Crippen LogP contribution in [0.3, 0.4) is 0 Å². The van der Waals surface area contributed by atoms with Gasteiger partial charge >= 0.3 is 5.97 Å². The molecule has 3 heterocycles. The van der Waals surface area contributed by atoms with Crippen LogP contribution in [0.25, 0.3) is 6.08 Å². The van der Waals surface area contributed by atoms with E-state index in [1.165, 1.54) is 0 Å². The molecule has 2 aromatic rings. The summed E-state index contributed by atoms with van der Waals surface area (Å²) in [5, 5.41) is 23.7. The van der Waals surface area contributed by atoms with E-state index in [1.54, 1.807) is 17.2 Å². The lowest BCUT2D eigenvalue weighted by molar-refractivity contribution is -0.201. The predicted octanol–water partition coefficient (Wildman–Crippen LogP) is 1.30. The number of para-hydroxylation sites is 1. The van der Waals surface area contributed by atoms with Gasteiger partial charge in [-0.3, -0.25) is 14.4 Å². The van der Waals surface area contributed by atoms with Crippen LogP contribution >= 0.6 is 0 Å². The summed E-state index contributed by atoms with van der Waals surface area (Å²) >= 11 is 0. The van der Waals surface area contributed by atoms with E-state index in [9.17, 15) is 19.8 Å². The van der Waals surface area contributed by atoms with Crippen LogP contribution in [0.4, 0.5) is 0 Å². The van der Waals surface area contributed by atoms with Gasteiger partial charge in [0.2, 0.25) is 5.91 Å². The summed E-state index contributed by atoms with van der Waals surface area (Å²) < 4.78 is 17.3. The number of carbonyl (C=O) groups is 2. The Hall–Kier alpha value is -3.28. The van der Waals surface area contributed by atoms with Crippen molar-refractivity contribution in [3.8, 4) is 5.75 Å². The van der Waals surface area contributed by atoms with Crippen LogP contribution in [-0.4, -0.2) is 77.6 Å². The Bertz CT molecular complexity index is 1250. The maximum Gasteiger partial charge on any atom is 0.327 e. The quantitative estimate of drug-likeness (QED) is 0.440. The average molecular weight is 523 g/mol. The second-order valence-corrected chi connectivity index (χ2v) is 10.0. The molecule has 3 aliphatic heterocycles. The van der Waals surface area contributed by atoms with Gasteiger partial charge in [0.25, 0.3) is 0 Å². The van der Waals surface area contributed by atoms with Crippen molar-refractivity contribution < 1.29 is 38.9 Å². The van der Waals surface area contributed by atoms with E-state index in [2.05, 4.69) is 5.32 Å². The number of hydroxylamine groups is 2. The summed E-state index contributed by atoms with van der Waals surface area (Å²) in [6.07, 6.45) is 2.30. The van der Waals surface area contributed by atoms with Gasteiger partial charge in [-0.25, -0.2) is 0 Å². The third kappa shape index (κ3) is 4.09. The standard InChI is InChI=1S/C28H30N2O8/c31-13-12-29-27(34)28-14-21-22-23(36-16-35-22)25(28)38-30(24(28)26(33)37-21)15-19-8-2-1-6-17(19)9-5-10-18-7-3-4-11-20(18)32/h1-9,11,21-25,31-32H,10,12-16H2,(H,29,34)/t21-,22+,23+,24+,25-,28+/m1/s1. The van der Waals surface area contributed by atoms with Gasteiger partial charge in [0.15, 0.2) is 6.04 Å². The van der Waals surface area contributed by atoms with Crippen LogP contribution in [0.1, 0.15) is 23.1 Å². The molecule has 4 aliphatic rings. The summed E-state index contributed by atoms with van der Waals surface area (Å²) in [5.41, 5.74) is 1.39. The average Bonchev–Trinajstić information content (AvgIpc) is 3.54.